The Morgan fingerprint density at radius 2 is 1.88 bits per heavy atom. The third kappa shape index (κ3) is 6.69. The van der Waals surface area contributed by atoms with Crippen LogP contribution in [0.5, 0.6) is 0 Å². The van der Waals surface area contributed by atoms with Crippen LogP contribution in [0.2, 0.25) is 5.02 Å². The maximum atomic E-state index is 13.1. The van der Waals surface area contributed by atoms with Crippen molar-refractivity contribution < 1.29 is 9.00 Å². The number of carbonyl (C=O) groups is 1. The van der Waals surface area contributed by atoms with E-state index in [0.717, 1.165) is 47.9 Å². The third-order valence-corrected chi connectivity index (χ3v) is 8.99. The van der Waals surface area contributed by atoms with Crippen LogP contribution in [0.1, 0.15) is 47.0 Å². The monoisotopic (exact) mass is 515 g/mol. The number of hydrogen-bond donors (Lipinski definition) is 2. The summed E-state index contributed by atoms with van der Waals surface area (Å²) in [5.74, 6) is -0.150. The minimum Gasteiger partial charge on any atom is -0.382 e. The molecule has 0 aliphatic carbocycles. The maximum Gasteiger partial charge on any atom is 0.251 e. The minimum atomic E-state index is -1.17. The molecule has 1 aromatic heterocycles. The van der Waals surface area contributed by atoms with Gasteiger partial charge in [-0.3, -0.25) is 4.79 Å². The Balaban J connectivity index is 1.25. The Labute approximate surface area is 213 Å². The Bertz CT molecular complexity index is 1130. The molecule has 0 spiro atoms. The number of nitrogens with one attached hydrogen (secondary N) is 2. The Kier molecular flexibility index (Phi) is 8.78. The quantitative estimate of drug-likeness (QED) is 0.374. The van der Waals surface area contributed by atoms with Crippen LogP contribution in [-0.2, 0) is 24.0 Å². The highest BCUT2D eigenvalue weighted by Crippen LogP contribution is 2.26. The molecule has 0 radical (unpaired) electrons. The highest BCUT2D eigenvalue weighted by molar-refractivity contribution is 7.85. The van der Waals surface area contributed by atoms with Crippen molar-refractivity contribution in [3.63, 3.8) is 0 Å². The molecule has 1 unspecified atom stereocenters. The summed E-state index contributed by atoms with van der Waals surface area (Å²) in [6.07, 6.45) is 4.16. The molecule has 180 valence electrons. The van der Waals surface area contributed by atoms with E-state index in [4.69, 9.17) is 11.6 Å². The lowest BCUT2D eigenvalue weighted by Crippen LogP contribution is -2.39. The van der Waals surface area contributed by atoms with E-state index in [0.29, 0.717) is 23.2 Å². The van der Waals surface area contributed by atoms with Gasteiger partial charge >= 0.3 is 0 Å². The van der Waals surface area contributed by atoms with Gasteiger partial charge in [0.05, 0.1) is 6.54 Å². The number of anilines is 1. The first-order chi connectivity index (χ1) is 16.5. The van der Waals surface area contributed by atoms with Gasteiger partial charge in [-0.25, -0.2) is 8.51 Å². The molecule has 1 fully saturated rings. The highest BCUT2D eigenvalue weighted by atomic mass is 35.5. The van der Waals surface area contributed by atoms with Crippen molar-refractivity contribution in [3.05, 3.63) is 81.7 Å². The lowest BCUT2D eigenvalue weighted by atomic mass is 10.1. The largest absolute Gasteiger partial charge is 0.382 e. The summed E-state index contributed by atoms with van der Waals surface area (Å²) in [6.45, 7) is 4.19. The van der Waals surface area contributed by atoms with E-state index in [2.05, 4.69) is 41.8 Å². The predicted molar refractivity (Wildman–Crippen MR) is 142 cm³/mol. The summed E-state index contributed by atoms with van der Waals surface area (Å²) < 4.78 is 16.0. The Morgan fingerprint density at radius 3 is 2.62 bits per heavy atom. The summed E-state index contributed by atoms with van der Waals surface area (Å²) in [6, 6.07) is 19.7. The highest BCUT2D eigenvalue weighted by Gasteiger charge is 2.24. The normalized spacial score (nSPS) is 15.7. The molecular formula is C26H30ClN3O2S2. The van der Waals surface area contributed by atoms with Crippen molar-refractivity contribution in [1.82, 2.24) is 9.62 Å². The molecule has 8 heteroatoms. The Hall–Kier alpha value is -2.19. The fraction of sp³-hybridized carbons (Fsp3) is 0.346. The number of nitrogens with zero attached hydrogens (tertiary/aromatic N) is 1. The Morgan fingerprint density at radius 1 is 1.12 bits per heavy atom. The molecular weight excluding hydrogens is 486 g/mol. The van der Waals surface area contributed by atoms with E-state index in [1.807, 2.05) is 16.4 Å². The topological polar surface area (TPSA) is 61.4 Å². The maximum absolute atomic E-state index is 13.1. The molecule has 0 saturated carbocycles. The van der Waals surface area contributed by atoms with Gasteiger partial charge in [0.1, 0.15) is 15.2 Å². The fourth-order valence-corrected chi connectivity index (χ4v) is 6.76. The molecule has 1 atom stereocenters. The number of piperidine rings is 1. The zero-order valence-electron chi connectivity index (χ0n) is 19.3. The number of carbonyl (C=O) groups excluding carboxylic acids is 1. The second-order valence-electron chi connectivity index (χ2n) is 8.46. The average molecular weight is 516 g/mol. The third-order valence-electron chi connectivity index (χ3n) is 5.86. The number of amides is 1. The van der Waals surface area contributed by atoms with Crippen molar-refractivity contribution in [1.29, 1.82) is 0 Å². The molecule has 1 amide bonds. The first-order valence-corrected chi connectivity index (χ1v) is 14.0. The molecule has 1 aliphatic rings. The van der Waals surface area contributed by atoms with Gasteiger partial charge in [0, 0.05) is 40.3 Å². The van der Waals surface area contributed by atoms with Crippen LogP contribution in [0.25, 0.3) is 0 Å². The van der Waals surface area contributed by atoms with Crippen LogP contribution in [0.4, 0.5) is 5.69 Å². The zero-order chi connectivity index (χ0) is 23.9. The molecule has 2 aromatic carbocycles. The molecule has 5 nitrogen and oxygen atoms in total. The van der Waals surface area contributed by atoms with Crippen molar-refractivity contribution >= 4 is 45.5 Å². The summed E-state index contributed by atoms with van der Waals surface area (Å²) in [4.78, 5) is 13.3. The first-order valence-electron chi connectivity index (χ1n) is 11.7. The number of aryl methyl sites for hydroxylation is 1. The van der Waals surface area contributed by atoms with Gasteiger partial charge in [-0.1, -0.05) is 37.1 Å². The smallest absolute Gasteiger partial charge is 0.251 e. The fourth-order valence-electron chi connectivity index (χ4n) is 4.05. The molecule has 4 rings (SSSR count). The standard InChI is InChI=1S/C26H30ClN3O2S2/c1-2-4-19-5-3-6-23(17-19)29-22-13-15-30(16-14-22)34(32)25-12-11-24(33-25)18-28-26(31)20-7-9-21(27)10-8-20/h3,5-12,17,22,29H,2,4,13-16,18H2,1H3,(H,28,31). The van der Waals surface area contributed by atoms with Crippen LogP contribution in [0.15, 0.2) is 64.9 Å². The lowest BCUT2D eigenvalue weighted by molar-refractivity contribution is 0.0951. The van der Waals surface area contributed by atoms with Gasteiger partial charge in [-0.15, -0.1) is 11.3 Å². The van der Waals surface area contributed by atoms with Crippen LogP contribution < -0.4 is 10.6 Å². The van der Waals surface area contributed by atoms with Gasteiger partial charge in [-0.2, -0.15) is 0 Å². The number of hydrogen-bond acceptors (Lipinski definition) is 4. The van der Waals surface area contributed by atoms with E-state index in [-0.39, 0.29) is 5.91 Å². The van der Waals surface area contributed by atoms with Crippen LogP contribution >= 0.6 is 22.9 Å². The van der Waals surface area contributed by atoms with Gasteiger partial charge in [-0.05, 0) is 73.4 Å². The summed E-state index contributed by atoms with van der Waals surface area (Å²) in [5.41, 5.74) is 3.11. The molecule has 34 heavy (non-hydrogen) atoms. The molecule has 2 N–H and O–H groups in total. The molecule has 0 bridgehead atoms. The number of thiophene rings is 1. The van der Waals surface area contributed by atoms with E-state index in [1.54, 1.807) is 24.3 Å². The molecule has 1 aliphatic heterocycles. The van der Waals surface area contributed by atoms with E-state index in [9.17, 15) is 9.00 Å². The zero-order valence-corrected chi connectivity index (χ0v) is 21.6. The second kappa shape index (κ2) is 12.0. The minimum absolute atomic E-state index is 0.150. The van der Waals surface area contributed by atoms with Crippen molar-refractivity contribution in [3.8, 4) is 0 Å². The molecule has 1 saturated heterocycles. The van der Waals surface area contributed by atoms with Gasteiger partial charge < -0.3 is 10.6 Å². The van der Waals surface area contributed by atoms with Crippen molar-refractivity contribution in [2.24, 2.45) is 0 Å². The van der Waals surface area contributed by atoms with E-state index < -0.39 is 11.0 Å². The number of benzene rings is 2. The van der Waals surface area contributed by atoms with Crippen LogP contribution in [0, 0.1) is 0 Å². The van der Waals surface area contributed by atoms with Crippen molar-refractivity contribution in [2.75, 3.05) is 18.4 Å². The van der Waals surface area contributed by atoms with Gasteiger partial charge in [0.15, 0.2) is 0 Å². The summed E-state index contributed by atoms with van der Waals surface area (Å²) in [5, 5.41) is 7.17. The predicted octanol–water partition coefficient (Wildman–Crippen LogP) is 5.88. The van der Waals surface area contributed by atoms with E-state index >= 15 is 0 Å². The number of rotatable bonds is 9. The molecule has 2 heterocycles. The van der Waals surface area contributed by atoms with Gasteiger partial charge in [0.25, 0.3) is 5.91 Å². The SMILES string of the molecule is CCCc1cccc(NC2CCN(S(=O)c3ccc(CNC(=O)c4ccc(Cl)cc4)s3)CC2)c1. The van der Waals surface area contributed by atoms with Crippen LogP contribution in [0.3, 0.4) is 0 Å². The van der Waals surface area contributed by atoms with Crippen LogP contribution in [-0.4, -0.2) is 33.6 Å². The second-order valence-corrected chi connectivity index (χ2v) is 11.8. The summed E-state index contributed by atoms with van der Waals surface area (Å²) >= 11 is 7.37. The van der Waals surface area contributed by atoms with Gasteiger partial charge in [0.2, 0.25) is 0 Å². The molecule has 3 aromatic rings. The van der Waals surface area contributed by atoms with E-state index in [1.165, 1.54) is 22.6 Å². The van der Waals surface area contributed by atoms with Crippen molar-refractivity contribution in [2.45, 2.75) is 49.4 Å². The summed E-state index contributed by atoms with van der Waals surface area (Å²) in [7, 11) is -1.17. The number of halogens is 1. The first kappa shape index (κ1) is 24.9. The average Bonchev–Trinajstić information content (AvgIpc) is 3.33. The lowest BCUT2D eigenvalue weighted by Gasteiger charge is -2.31.